The summed E-state index contributed by atoms with van der Waals surface area (Å²) >= 11 is 0. The second-order valence-corrected chi connectivity index (χ2v) is 7.56. The third kappa shape index (κ3) is 5.57. The molecule has 0 spiro atoms. The van der Waals surface area contributed by atoms with Crippen molar-refractivity contribution in [1.29, 1.82) is 0 Å². The van der Waals surface area contributed by atoms with Crippen molar-refractivity contribution in [3.05, 3.63) is 52.5 Å². The molecule has 3 rings (SSSR count). The van der Waals surface area contributed by atoms with Crippen LogP contribution in [0.1, 0.15) is 56.9 Å². The molecule has 1 unspecified atom stereocenters. The number of nitrogens with one attached hydrogen (secondary N) is 1. The second-order valence-electron chi connectivity index (χ2n) is 7.56. The summed E-state index contributed by atoms with van der Waals surface area (Å²) in [5.41, 5.74) is 6.90. The minimum Gasteiger partial charge on any atom is -0.468 e. The normalized spacial score (nSPS) is 14.1. The average molecular weight is 465 g/mol. The molecule has 3 amide bonds. The van der Waals surface area contributed by atoms with Crippen molar-refractivity contribution in [3.63, 3.8) is 0 Å². The van der Waals surface area contributed by atoms with E-state index in [0.717, 1.165) is 0 Å². The van der Waals surface area contributed by atoms with E-state index < -0.39 is 30.6 Å². The van der Waals surface area contributed by atoms with E-state index in [1.54, 1.807) is 19.9 Å². The van der Waals surface area contributed by atoms with Gasteiger partial charge in [0.15, 0.2) is 6.61 Å². The van der Waals surface area contributed by atoms with Crippen LogP contribution in [0.15, 0.2) is 24.5 Å². The zero-order valence-electron chi connectivity index (χ0n) is 17.9. The van der Waals surface area contributed by atoms with Gasteiger partial charge in [0.2, 0.25) is 11.8 Å². The van der Waals surface area contributed by atoms with E-state index in [2.05, 4.69) is 15.3 Å². The Labute approximate surface area is 187 Å². The summed E-state index contributed by atoms with van der Waals surface area (Å²) in [6, 6.07) is 2.64. The number of nitrogens with zero attached hydrogens (tertiary/aromatic N) is 3. The number of hydrogen-bond acceptors (Lipinski definition) is 6. The van der Waals surface area contributed by atoms with Crippen molar-refractivity contribution < 1.29 is 32.3 Å². The van der Waals surface area contributed by atoms with Crippen LogP contribution >= 0.6 is 0 Å². The molecule has 0 aliphatic carbocycles. The Kier molecular flexibility index (Phi) is 6.84. The molecule has 12 heteroatoms. The van der Waals surface area contributed by atoms with Crippen molar-refractivity contribution in [3.8, 4) is 5.88 Å². The van der Waals surface area contributed by atoms with Gasteiger partial charge in [0.25, 0.3) is 11.8 Å². The first-order valence-corrected chi connectivity index (χ1v) is 9.99. The molecular formula is C21H22F3N5O4. The fourth-order valence-electron chi connectivity index (χ4n) is 3.43. The summed E-state index contributed by atoms with van der Waals surface area (Å²) in [6.07, 6.45) is -1.80. The summed E-state index contributed by atoms with van der Waals surface area (Å²) in [6.45, 7) is 2.01. The van der Waals surface area contributed by atoms with E-state index in [1.165, 1.54) is 23.4 Å². The van der Waals surface area contributed by atoms with Crippen molar-refractivity contribution in [1.82, 2.24) is 20.2 Å². The average Bonchev–Trinajstić information content (AvgIpc) is 3.08. The molecular weight excluding hydrogens is 443 g/mol. The Morgan fingerprint density at radius 1 is 1.33 bits per heavy atom. The minimum atomic E-state index is -4.48. The van der Waals surface area contributed by atoms with Crippen molar-refractivity contribution in [2.45, 2.75) is 39.0 Å². The largest absolute Gasteiger partial charge is 0.468 e. The SMILES string of the molecule is Cc1cc(C(C)N2Cc3c(ccnc3C(=O)NCCC(N)=O)C2=O)cnc1OCC(F)(F)F. The maximum Gasteiger partial charge on any atom is 0.422 e. The van der Waals surface area contributed by atoms with E-state index in [4.69, 9.17) is 10.5 Å². The molecule has 1 aliphatic rings. The van der Waals surface area contributed by atoms with E-state index >= 15 is 0 Å². The molecule has 3 heterocycles. The molecule has 0 saturated carbocycles. The third-order valence-electron chi connectivity index (χ3n) is 5.12. The van der Waals surface area contributed by atoms with Crippen LogP contribution in [0.25, 0.3) is 0 Å². The molecule has 1 atom stereocenters. The van der Waals surface area contributed by atoms with Gasteiger partial charge in [-0.1, -0.05) is 0 Å². The smallest absolute Gasteiger partial charge is 0.422 e. The number of carbonyl (C=O) groups is 3. The highest BCUT2D eigenvalue weighted by atomic mass is 19.4. The number of fused-ring (bicyclic) bond motifs is 1. The Morgan fingerprint density at radius 3 is 2.70 bits per heavy atom. The highest BCUT2D eigenvalue weighted by Crippen LogP contribution is 2.33. The number of ether oxygens (including phenoxy) is 1. The highest BCUT2D eigenvalue weighted by Gasteiger charge is 2.35. The van der Waals surface area contributed by atoms with E-state index in [0.29, 0.717) is 22.3 Å². The van der Waals surface area contributed by atoms with E-state index in [1.807, 2.05) is 0 Å². The van der Waals surface area contributed by atoms with Gasteiger partial charge in [0.05, 0.1) is 6.04 Å². The minimum absolute atomic E-state index is 0.0299. The first kappa shape index (κ1) is 24.0. The monoisotopic (exact) mass is 465 g/mol. The molecule has 0 radical (unpaired) electrons. The molecule has 3 N–H and O–H groups in total. The molecule has 1 aliphatic heterocycles. The number of aromatic nitrogens is 2. The lowest BCUT2D eigenvalue weighted by Gasteiger charge is -2.25. The summed E-state index contributed by atoms with van der Waals surface area (Å²) in [5, 5.41) is 2.55. The molecule has 2 aromatic heterocycles. The van der Waals surface area contributed by atoms with Crippen LogP contribution in [0, 0.1) is 6.92 Å². The van der Waals surface area contributed by atoms with Crippen LogP contribution in [-0.4, -0.2) is 51.9 Å². The van der Waals surface area contributed by atoms with Crippen LogP contribution in [0.2, 0.25) is 0 Å². The molecule has 0 bridgehead atoms. The number of aryl methyl sites for hydroxylation is 1. The number of amides is 3. The quantitative estimate of drug-likeness (QED) is 0.614. The number of pyridine rings is 2. The summed E-state index contributed by atoms with van der Waals surface area (Å²) in [5.74, 6) is -1.55. The lowest BCUT2D eigenvalue weighted by molar-refractivity contribution is -0.154. The van der Waals surface area contributed by atoms with Gasteiger partial charge in [-0.15, -0.1) is 0 Å². The zero-order chi connectivity index (χ0) is 24.3. The number of hydrogen-bond donors (Lipinski definition) is 2. The third-order valence-corrected chi connectivity index (χ3v) is 5.12. The van der Waals surface area contributed by atoms with Crippen LogP contribution < -0.4 is 15.8 Å². The predicted molar refractivity (Wildman–Crippen MR) is 109 cm³/mol. The first-order valence-electron chi connectivity index (χ1n) is 9.99. The fourth-order valence-corrected chi connectivity index (χ4v) is 3.43. The number of primary amides is 1. The number of nitrogens with two attached hydrogens (primary N) is 1. The van der Waals surface area contributed by atoms with Gasteiger partial charge >= 0.3 is 6.18 Å². The van der Waals surface area contributed by atoms with E-state index in [-0.39, 0.29) is 37.0 Å². The number of alkyl halides is 3. The van der Waals surface area contributed by atoms with Crippen LogP contribution in [0.3, 0.4) is 0 Å². The topological polar surface area (TPSA) is 128 Å². The van der Waals surface area contributed by atoms with Gasteiger partial charge in [-0.05, 0) is 31.5 Å². The van der Waals surface area contributed by atoms with Gasteiger partial charge in [-0.2, -0.15) is 13.2 Å². The molecule has 2 aromatic rings. The number of halogens is 3. The van der Waals surface area contributed by atoms with Crippen molar-refractivity contribution in [2.75, 3.05) is 13.2 Å². The Hall–Kier alpha value is -3.70. The van der Waals surface area contributed by atoms with Gasteiger partial charge in [0, 0.05) is 48.6 Å². The summed E-state index contributed by atoms with van der Waals surface area (Å²) in [4.78, 5) is 45.9. The van der Waals surface area contributed by atoms with Gasteiger partial charge < -0.3 is 20.7 Å². The maximum atomic E-state index is 13.0. The molecule has 176 valence electrons. The molecule has 0 saturated heterocycles. The lowest BCUT2D eigenvalue weighted by atomic mass is 10.1. The molecule has 9 nitrogen and oxygen atoms in total. The van der Waals surface area contributed by atoms with Crippen LogP contribution in [-0.2, 0) is 11.3 Å². The molecule has 33 heavy (non-hydrogen) atoms. The van der Waals surface area contributed by atoms with E-state index in [9.17, 15) is 27.6 Å². The zero-order valence-corrected chi connectivity index (χ0v) is 17.9. The van der Waals surface area contributed by atoms with Crippen LogP contribution in [0.4, 0.5) is 13.2 Å². The van der Waals surface area contributed by atoms with Crippen molar-refractivity contribution in [2.24, 2.45) is 5.73 Å². The Morgan fingerprint density at radius 2 is 2.06 bits per heavy atom. The summed E-state index contributed by atoms with van der Waals surface area (Å²) < 4.78 is 41.9. The second kappa shape index (κ2) is 9.43. The lowest BCUT2D eigenvalue weighted by Crippen LogP contribution is -2.29. The Bertz CT molecular complexity index is 1090. The van der Waals surface area contributed by atoms with Gasteiger partial charge in [-0.25, -0.2) is 4.98 Å². The summed E-state index contributed by atoms with van der Waals surface area (Å²) in [7, 11) is 0. The van der Waals surface area contributed by atoms with Gasteiger partial charge in [-0.3, -0.25) is 19.4 Å². The maximum absolute atomic E-state index is 13.0. The fraction of sp³-hybridized carbons (Fsp3) is 0.381. The van der Waals surface area contributed by atoms with Gasteiger partial charge in [0.1, 0.15) is 5.69 Å². The number of carbonyl (C=O) groups excluding carboxylic acids is 3. The molecule has 0 aromatic carbocycles. The van der Waals surface area contributed by atoms with Crippen LogP contribution in [0.5, 0.6) is 5.88 Å². The van der Waals surface area contributed by atoms with Crippen molar-refractivity contribution >= 4 is 17.7 Å². The molecule has 0 fully saturated rings. The highest BCUT2D eigenvalue weighted by molar-refractivity contribution is 6.03. The number of rotatable bonds is 8. The Balaban J connectivity index is 1.76. The first-order chi connectivity index (χ1) is 15.5. The standard InChI is InChI=1S/C21H22F3N5O4/c1-11-7-13(8-28-19(11)33-10-21(22,23)24)12(2)29-9-15-14(20(29)32)3-5-26-17(15)18(31)27-6-4-16(25)30/h3,5,7-8,12H,4,6,9-10H2,1-2H3,(H2,25,30)(H,27,31). The predicted octanol–water partition coefficient (Wildman–Crippen LogP) is 2.05.